The van der Waals surface area contributed by atoms with E-state index in [9.17, 15) is 4.79 Å². The molecule has 0 rings (SSSR count). The Morgan fingerprint density at radius 1 is 1.64 bits per heavy atom. The van der Waals surface area contributed by atoms with Gasteiger partial charge in [-0.15, -0.1) is 11.6 Å². The average molecular weight is 180 g/mol. The van der Waals surface area contributed by atoms with Gasteiger partial charge in [0.15, 0.2) is 0 Å². The molecule has 0 aliphatic carbocycles. The summed E-state index contributed by atoms with van der Waals surface area (Å²) in [6.07, 6.45) is 0. The van der Waals surface area contributed by atoms with Gasteiger partial charge in [-0.3, -0.25) is 4.79 Å². The first-order valence-corrected chi connectivity index (χ1v) is 4.09. The van der Waals surface area contributed by atoms with Crippen molar-refractivity contribution in [2.45, 2.75) is 19.9 Å². The van der Waals surface area contributed by atoms with E-state index in [0.717, 1.165) is 0 Å². The van der Waals surface area contributed by atoms with Gasteiger partial charge < -0.3 is 10.5 Å². The maximum absolute atomic E-state index is 10.8. The number of nitrogens with two attached hydrogens (primary N) is 1. The molecule has 0 fully saturated rings. The zero-order valence-electron chi connectivity index (χ0n) is 6.84. The number of ether oxygens (including phenoxy) is 1. The number of halogens is 1. The fourth-order valence-corrected chi connectivity index (χ4v) is 0.545. The van der Waals surface area contributed by atoms with Gasteiger partial charge >= 0.3 is 5.97 Å². The van der Waals surface area contributed by atoms with E-state index in [-0.39, 0.29) is 5.88 Å². The lowest BCUT2D eigenvalue weighted by Crippen LogP contribution is -2.34. The molecule has 0 saturated heterocycles. The summed E-state index contributed by atoms with van der Waals surface area (Å²) < 4.78 is 4.81. The van der Waals surface area contributed by atoms with Crippen molar-refractivity contribution >= 4 is 17.6 Å². The maximum atomic E-state index is 10.8. The summed E-state index contributed by atoms with van der Waals surface area (Å²) in [4.78, 5) is 10.8. The van der Waals surface area contributed by atoms with Crippen molar-refractivity contribution in [2.75, 3.05) is 12.5 Å². The van der Waals surface area contributed by atoms with Crippen LogP contribution in [0.2, 0.25) is 0 Å². The number of carbonyl (C=O) groups is 1. The summed E-state index contributed by atoms with van der Waals surface area (Å²) in [5.74, 6) is 0.0203. The Labute approximate surface area is 71.8 Å². The highest BCUT2D eigenvalue weighted by Crippen LogP contribution is 1.95. The normalized spacial score (nSPS) is 13.2. The van der Waals surface area contributed by atoms with Crippen LogP contribution in [0.3, 0.4) is 0 Å². The maximum Gasteiger partial charge on any atom is 0.324 e. The van der Waals surface area contributed by atoms with E-state index in [1.807, 2.05) is 13.8 Å². The molecule has 2 N–H and O–H groups in total. The summed E-state index contributed by atoms with van der Waals surface area (Å²) in [5.41, 5.74) is 5.30. The minimum atomic E-state index is -0.685. The molecule has 0 bridgehead atoms. The number of alkyl halides is 1. The molecule has 1 atom stereocenters. The third kappa shape index (κ3) is 5.04. The Kier molecular flexibility index (Phi) is 5.24. The van der Waals surface area contributed by atoms with Crippen LogP contribution in [-0.2, 0) is 9.53 Å². The second-order valence-corrected chi connectivity index (χ2v) is 3.09. The average Bonchev–Trinajstić information content (AvgIpc) is 1.98. The number of carbonyl (C=O) groups excluding carboxylic acids is 1. The molecule has 0 aliphatic heterocycles. The third-order valence-electron chi connectivity index (χ3n) is 1.03. The number of esters is 1. The predicted molar refractivity (Wildman–Crippen MR) is 44.5 cm³/mol. The van der Waals surface area contributed by atoms with Crippen molar-refractivity contribution in [1.29, 1.82) is 0 Å². The molecule has 66 valence electrons. The van der Waals surface area contributed by atoms with Gasteiger partial charge in [-0.05, 0) is 5.92 Å². The molecule has 0 aromatic carbocycles. The summed E-state index contributed by atoms with van der Waals surface area (Å²) in [7, 11) is 0. The van der Waals surface area contributed by atoms with Crippen LogP contribution in [0.25, 0.3) is 0 Å². The smallest absolute Gasteiger partial charge is 0.324 e. The molecule has 1 unspecified atom stereocenters. The van der Waals surface area contributed by atoms with Gasteiger partial charge in [0.05, 0.1) is 6.61 Å². The van der Waals surface area contributed by atoms with Crippen LogP contribution in [0.15, 0.2) is 0 Å². The minimum absolute atomic E-state index is 0.108. The van der Waals surface area contributed by atoms with Crippen LogP contribution in [0.5, 0.6) is 0 Å². The van der Waals surface area contributed by atoms with Gasteiger partial charge in [-0.2, -0.15) is 0 Å². The second-order valence-electron chi connectivity index (χ2n) is 2.78. The molecule has 0 aromatic heterocycles. The van der Waals surface area contributed by atoms with Crippen LogP contribution >= 0.6 is 11.6 Å². The van der Waals surface area contributed by atoms with E-state index >= 15 is 0 Å². The van der Waals surface area contributed by atoms with Crippen molar-refractivity contribution in [3.8, 4) is 0 Å². The van der Waals surface area contributed by atoms with E-state index in [4.69, 9.17) is 22.1 Å². The molecular weight excluding hydrogens is 166 g/mol. The van der Waals surface area contributed by atoms with Crippen LogP contribution in [-0.4, -0.2) is 24.5 Å². The van der Waals surface area contributed by atoms with E-state index in [1.54, 1.807) is 0 Å². The first-order chi connectivity index (χ1) is 5.07. The SMILES string of the molecule is CC(C)COC(=O)C(N)CCl. The first-order valence-electron chi connectivity index (χ1n) is 3.56. The Morgan fingerprint density at radius 2 is 2.18 bits per heavy atom. The molecule has 0 aromatic rings. The fraction of sp³-hybridized carbons (Fsp3) is 0.857. The lowest BCUT2D eigenvalue weighted by molar-refractivity contribution is -0.145. The quantitative estimate of drug-likeness (QED) is 0.512. The standard InChI is InChI=1S/C7H14ClNO2/c1-5(2)4-11-7(10)6(9)3-8/h5-6H,3-4,9H2,1-2H3. The summed E-state index contributed by atoms with van der Waals surface area (Å²) >= 11 is 5.34. The monoisotopic (exact) mass is 179 g/mol. The largest absolute Gasteiger partial charge is 0.464 e. The van der Waals surface area contributed by atoms with Crippen LogP contribution in [0, 0.1) is 5.92 Å². The topological polar surface area (TPSA) is 52.3 Å². The van der Waals surface area contributed by atoms with E-state index in [1.165, 1.54) is 0 Å². The van der Waals surface area contributed by atoms with Gasteiger partial charge in [0.1, 0.15) is 6.04 Å². The Balaban J connectivity index is 3.52. The minimum Gasteiger partial charge on any atom is -0.464 e. The fourth-order valence-electron chi connectivity index (χ4n) is 0.419. The van der Waals surface area contributed by atoms with Crippen molar-refractivity contribution in [2.24, 2.45) is 11.7 Å². The van der Waals surface area contributed by atoms with Crippen LogP contribution in [0.1, 0.15) is 13.8 Å². The van der Waals surface area contributed by atoms with Gasteiger partial charge in [-0.1, -0.05) is 13.8 Å². The highest BCUT2D eigenvalue weighted by molar-refractivity contribution is 6.19. The Bertz CT molecular complexity index is 128. The number of hydrogen-bond acceptors (Lipinski definition) is 3. The molecule has 4 heteroatoms. The first kappa shape index (κ1) is 10.7. The molecular formula is C7H14ClNO2. The molecule has 0 spiro atoms. The van der Waals surface area contributed by atoms with Crippen molar-refractivity contribution in [3.05, 3.63) is 0 Å². The lowest BCUT2D eigenvalue weighted by atomic mass is 10.2. The third-order valence-corrected chi connectivity index (χ3v) is 1.36. The Morgan fingerprint density at radius 3 is 2.55 bits per heavy atom. The lowest BCUT2D eigenvalue weighted by Gasteiger charge is -2.09. The molecule has 0 amide bonds. The van der Waals surface area contributed by atoms with E-state index in [2.05, 4.69) is 0 Å². The Hall–Kier alpha value is -0.280. The molecule has 0 aliphatic rings. The predicted octanol–water partition coefficient (Wildman–Crippen LogP) is 0.752. The van der Waals surface area contributed by atoms with Crippen molar-refractivity contribution in [3.63, 3.8) is 0 Å². The van der Waals surface area contributed by atoms with Crippen LogP contribution < -0.4 is 5.73 Å². The van der Waals surface area contributed by atoms with Crippen LogP contribution in [0.4, 0.5) is 0 Å². The van der Waals surface area contributed by atoms with Gasteiger partial charge in [-0.25, -0.2) is 0 Å². The van der Waals surface area contributed by atoms with Gasteiger partial charge in [0, 0.05) is 5.88 Å². The summed E-state index contributed by atoms with van der Waals surface area (Å²) in [6.45, 7) is 4.32. The summed E-state index contributed by atoms with van der Waals surface area (Å²) in [6, 6.07) is -0.685. The molecule has 0 heterocycles. The van der Waals surface area contributed by atoms with Crippen molar-refractivity contribution < 1.29 is 9.53 Å². The van der Waals surface area contributed by atoms with Gasteiger partial charge in [0.2, 0.25) is 0 Å². The molecule has 0 saturated carbocycles. The molecule has 3 nitrogen and oxygen atoms in total. The number of hydrogen-bond donors (Lipinski definition) is 1. The number of rotatable bonds is 4. The highest BCUT2D eigenvalue weighted by atomic mass is 35.5. The molecule has 0 radical (unpaired) electrons. The molecule has 11 heavy (non-hydrogen) atoms. The zero-order valence-corrected chi connectivity index (χ0v) is 7.60. The second kappa shape index (κ2) is 5.38. The highest BCUT2D eigenvalue weighted by Gasteiger charge is 2.13. The van der Waals surface area contributed by atoms with Crippen molar-refractivity contribution in [1.82, 2.24) is 0 Å². The van der Waals surface area contributed by atoms with Gasteiger partial charge in [0.25, 0.3) is 0 Å². The summed E-state index contributed by atoms with van der Waals surface area (Å²) in [5, 5.41) is 0. The van der Waals surface area contributed by atoms with E-state index < -0.39 is 12.0 Å². The van der Waals surface area contributed by atoms with E-state index in [0.29, 0.717) is 12.5 Å². The zero-order chi connectivity index (χ0) is 8.85.